The summed E-state index contributed by atoms with van der Waals surface area (Å²) in [4.78, 5) is 11.2. The predicted molar refractivity (Wildman–Crippen MR) is 71.6 cm³/mol. The van der Waals surface area contributed by atoms with Crippen LogP contribution in [0.25, 0.3) is 0 Å². The third-order valence-corrected chi connectivity index (χ3v) is 2.77. The maximum absolute atomic E-state index is 11.2. The van der Waals surface area contributed by atoms with Gasteiger partial charge >= 0.3 is 0 Å². The summed E-state index contributed by atoms with van der Waals surface area (Å²) in [6.07, 6.45) is 5.67. The third kappa shape index (κ3) is 2.80. The van der Waals surface area contributed by atoms with Crippen molar-refractivity contribution in [3.05, 3.63) is 46.6 Å². The lowest BCUT2D eigenvalue weighted by molar-refractivity contribution is 0.532. The van der Waals surface area contributed by atoms with Gasteiger partial charge in [0.1, 0.15) is 0 Å². The van der Waals surface area contributed by atoms with Gasteiger partial charge < -0.3 is 9.88 Å². The Morgan fingerprint density at radius 2 is 2.11 bits per heavy atom. The Kier molecular flexibility index (Phi) is 3.50. The molecule has 0 aliphatic carbocycles. The standard InChI is InChI=1S/C13H18N4O/c1-10(2)17-8-11(7-15-17)6-14-12-4-5-13(18)16(3)9-12/h4-5,7-10,14H,6H2,1-3H3. The van der Waals surface area contributed by atoms with Crippen molar-refractivity contribution in [2.45, 2.75) is 26.4 Å². The van der Waals surface area contributed by atoms with Crippen LogP contribution < -0.4 is 10.9 Å². The Bertz CT molecular complexity index is 583. The maximum atomic E-state index is 11.2. The number of hydrogen-bond acceptors (Lipinski definition) is 3. The third-order valence-electron chi connectivity index (χ3n) is 2.77. The van der Waals surface area contributed by atoms with Gasteiger partial charge in [-0.1, -0.05) is 0 Å². The van der Waals surface area contributed by atoms with E-state index < -0.39 is 0 Å². The van der Waals surface area contributed by atoms with E-state index in [0.29, 0.717) is 12.6 Å². The van der Waals surface area contributed by atoms with E-state index in [4.69, 9.17) is 0 Å². The van der Waals surface area contributed by atoms with E-state index in [1.165, 1.54) is 0 Å². The first-order valence-corrected chi connectivity index (χ1v) is 6.00. The van der Waals surface area contributed by atoms with Gasteiger partial charge in [-0.25, -0.2) is 0 Å². The van der Waals surface area contributed by atoms with Crippen LogP contribution in [-0.4, -0.2) is 14.3 Å². The molecule has 2 aromatic heterocycles. The van der Waals surface area contributed by atoms with Crippen molar-refractivity contribution >= 4 is 5.69 Å². The van der Waals surface area contributed by atoms with Crippen LogP contribution in [0.5, 0.6) is 0 Å². The number of nitrogens with zero attached hydrogens (tertiary/aromatic N) is 3. The Balaban J connectivity index is 2.02. The lowest BCUT2D eigenvalue weighted by atomic mass is 10.3. The van der Waals surface area contributed by atoms with Crippen LogP contribution in [0.3, 0.4) is 0 Å². The fourth-order valence-electron chi connectivity index (χ4n) is 1.65. The zero-order chi connectivity index (χ0) is 13.1. The van der Waals surface area contributed by atoms with E-state index in [2.05, 4.69) is 24.3 Å². The highest BCUT2D eigenvalue weighted by Gasteiger charge is 2.02. The largest absolute Gasteiger partial charge is 0.380 e. The van der Waals surface area contributed by atoms with E-state index in [1.54, 1.807) is 29.9 Å². The highest BCUT2D eigenvalue weighted by Crippen LogP contribution is 2.08. The molecule has 2 aromatic rings. The van der Waals surface area contributed by atoms with E-state index in [-0.39, 0.29) is 5.56 Å². The van der Waals surface area contributed by atoms with Gasteiger partial charge in [0, 0.05) is 43.7 Å². The molecule has 5 nitrogen and oxygen atoms in total. The van der Waals surface area contributed by atoms with Crippen molar-refractivity contribution in [2.75, 3.05) is 5.32 Å². The molecule has 2 rings (SSSR count). The molecule has 0 amide bonds. The number of hydrogen-bond donors (Lipinski definition) is 1. The summed E-state index contributed by atoms with van der Waals surface area (Å²) in [5.74, 6) is 0. The van der Waals surface area contributed by atoms with Crippen LogP contribution in [0.15, 0.2) is 35.5 Å². The minimum Gasteiger partial charge on any atom is -0.380 e. The van der Waals surface area contributed by atoms with Gasteiger partial charge in [0.25, 0.3) is 0 Å². The van der Waals surface area contributed by atoms with Gasteiger partial charge in [-0.05, 0) is 19.9 Å². The van der Waals surface area contributed by atoms with Crippen LogP contribution in [-0.2, 0) is 13.6 Å². The van der Waals surface area contributed by atoms with E-state index in [9.17, 15) is 4.79 Å². The molecule has 0 radical (unpaired) electrons. The SMILES string of the molecule is CC(C)n1cc(CNc2ccc(=O)n(C)c2)cn1. The minimum absolute atomic E-state index is 0.00632. The number of aromatic nitrogens is 3. The Morgan fingerprint density at radius 1 is 1.33 bits per heavy atom. The van der Waals surface area contributed by atoms with Crippen molar-refractivity contribution in [2.24, 2.45) is 7.05 Å². The Hall–Kier alpha value is -2.04. The topological polar surface area (TPSA) is 51.9 Å². The molecule has 0 fully saturated rings. The summed E-state index contributed by atoms with van der Waals surface area (Å²) in [7, 11) is 1.74. The molecule has 0 unspecified atom stereocenters. The highest BCUT2D eigenvalue weighted by atomic mass is 16.1. The number of rotatable bonds is 4. The molecule has 2 heterocycles. The molecule has 0 aliphatic heterocycles. The Morgan fingerprint density at radius 3 is 2.72 bits per heavy atom. The highest BCUT2D eigenvalue weighted by molar-refractivity contribution is 5.40. The summed E-state index contributed by atoms with van der Waals surface area (Å²) in [5, 5.41) is 7.55. The average Bonchev–Trinajstić information content (AvgIpc) is 2.79. The summed E-state index contributed by atoms with van der Waals surface area (Å²) >= 11 is 0. The van der Waals surface area contributed by atoms with Crippen molar-refractivity contribution in [3.63, 3.8) is 0 Å². The molecule has 18 heavy (non-hydrogen) atoms. The van der Waals surface area contributed by atoms with Crippen LogP contribution in [0.1, 0.15) is 25.5 Å². The number of pyridine rings is 1. The van der Waals surface area contributed by atoms with Gasteiger partial charge in [-0.15, -0.1) is 0 Å². The van der Waals surface area contributed by atoms with E-state index in [1.807, 2.05) is 17.1 Å². The monoisotopic (exact) mass is 246 g/mol. The van der Waals surface area contributed by atoms with Crippen molar-refractivity contribution < 1.29 is 0 Å². The quantitative estimate of drug-likeness (QED) is 0.894. The fraction of sp³-hybridized carbons (Fsp3) is 0.385. The predicted octanol–water partition coefficient (Wildman–Crippen LogP) is 1.77. The molecule has 5 heteroatoms. The fourth-order valence-corrected chi connectivity index (χ4v) is 1.65. The van der Waals surface area contributed by atoms with Gasteiger partial charge in [-0.2, -0.15) is 5.10 Å². The molecule has 1 N–H and O–H groups in total. The first-order valence-electron chi connectivity index (χ1n) is 6.00. The van der Waals surface area contributed by atoms with Crippen LogP contribution in [0, 0.1) is 0 Å². The second kappa shape index (κ2) is 5.08. The van der Waals surface area contributed by atoms with Gasteiger partial charge in [0.05, 0.1) is 11.9 Å². The Labute approximate surface area is 106 Å². The molecular formula is C13H18N4O. The molecular weight excluding hydrogens is 228 g/mol. The summed E-state index contributed by atoms with van der Waals surface area (Å²) in [5.41, 5.74) is 2.04. The molecule has 0 bridgehead atoms. The second-order valence-electron chi connectivity index (χ2n) is 4.64. The number of aryl methyl sites for hydroxylation is 1. The smallest absolute Gasteiger partial charge is 0.250 e. The lowest BCUT2D eigenvalue weighted by Gasteiger charge is -2.06. The molecule has 0 atom stereocenters. The summed E-state index contributed by atoms with van der Waals surface area (Å²) in [6, 6.07) is 3.71. The van der Waals surface area contributed by atoms with Gasteiger partial charge in [0.15, 0.2) is 0 Å². The van der Waals surface area contributed by atoms with Crippen molar-refractivity contribution in [3.8, 4) is 0 Å². The van der Waals surface area contributed by atoms with E-state index in [0.717, 1.165) is 11.3 Å². The molecule has 0 saturated heterocycles. The number of nitrogens with one attached hydrogen (secondary N) is 1. The normalized spacial score (nSPS) is 10.9. The molecule has 0 spiro atoms. The van der Waals surface area contributed by atoms with Crippen LogP contribution in [0.2, 0.25) is 0 Å². The zero-order valence-electron chi connectivity index (χ0n) is 10.9. The maximum Gasteiger partial charge on any atom is 0.250 e. The number of anilines is 1. The molecule has 0 aliphatic rings. The first kappa shape index (κ1) is 12.4. The van der Waals surface area contributed by atoms with Crippen molar-refractivity contribution in [1.29, 1.82) is 0 Å². The summed E-state index contributed by atoms with van der Waals surface area (Å²) < 4.78 is 3.48. The zero-order valence-corrected chi connectivity index (χ0v) is 10.9. The van der Waals surface area contributed by atoms with Crippen LogP contribution in [0.4, 0.5) is 5.69 Å². The second-order valence-corrected chi connectivity index (χ2v) is 4.64. The first-order chi connectivity index (χ1) is 8.56. The van der Waals surface area contributed by atoms with Crippen LogP contribution >= 0.6 is 0 Å². The van der Waals surface area contributed by atoms with E-state index >= 15 is 0 Å². The molecule has 0 saturated carbocycles. The average molecular weight is 246 g/mol. The molecule has 0 aromatic carbocycles. The minimum atomic E-state index is -0.00632. The van der Waals surface area contributed by atoms with Gasteiger partial charge in [-0.3, -0.25) is 9.48 Å². The summed E-state index contributed by atoms with van der Waals surface area (Å²) in [6.45, 7) is 4.89. The van der Waals surface area contributed by atoms with Gasteiger partial charge in [0.2, 0.25) is 5.56 Å². The lowest BCUT2D eigenvalue weighted by Crippen LogP contribution is -2.15. The van der Waals surface area contributed by atoms with Crippen molar-refractivity contribution in [1.82, 2.24) is 14.3 Å². The molecule has 96 valence electrons.